The topological polar surface area (TPSA) is 58.6 Å². The molecule has 106 valence electrons. The van der Waals surface area contributed by atoms with Crippen molar-refractivity contribution >= 4 is 12.0 Å². The van der Waals surface area contributed by atoms with Crippen LogP contribution in [0.4, 0.5) is 4.79 Å². The van der Waals surface area contributed by atoms with Gasteiger partial charge in [-0.25, -0.2) is 4.79 Å². The van der Waals surface area contributed by atoms with Gasteiger partial charge in [0.2, 0.25) is 5.91 Å². The predicted octanol–water partition coefficient (Wildman–Crippen LogP) is 1.68. The Bertz CT molecular complexity index is 503. The van der Waals surface area contributed by atoms with Gasteiger partial charge in [-0.1, -0.05) is 30.3 Å². The SMILES string of the molecule is O=C1NC[C@H]2CCC[C@@H]1N2C(=O)OCc1ccccc1. The molecule has 1 N–H and O–H groups in total. The molecule has 20 heavy (non-hydrogen) atoms. The number of carbonyl (C=O) groups is 2. The quantitative estimate of drug-likeness (QED) is 0.892. The molecule has 2 atom stereocenters. The van der Waals surface area contributed by atoms with Crippen molar-refractivity contribution in [3.63, 3.8) is 0 Å². The third kappa shape index (κ3) is 2.48. The molecule has 5 heteroatoms. The summed E-state index contributed by atoms with van der Waals surface area (Å²) in [6, 6.07) is 9.29. The number of hydrogen-bond donors (Lipinski definition) is 1. The van der Waals surface area contributed by atoms with E-state index in [1.807, 2.05) is 30.3 Å². The van der Waals surface area contributed by atoms with Crippen molar-refractivity contribution < 1.29 is 14.3 Å². The van der Waals surface area contributed by atoms with Crippen molar-refractivity contribution in [1.82, 2.24) is 10.2 Å². The highest BCUT2D eigenvalue weighted by atomic mass is 16.6. The number of piperidine rings is 1. The lowest BCUT2D eigenvalue weighted by molar-refractivity contribution is -0.132. The van der Waals surface area contributed by atoms with Crippen LogP contribution in [0.2, 0.25) is 0 Å². The summed E-state index contributed by atoms with van der Waals surface area (Å²) in [5.41, 5.74) is 0.951. The van der Waals surface area contributed by atoms with Crippen molar-refractivity contribution in [2.24, 2.45) is 0 Å². The van der Waals surface area contributed by atoms with Crippen molar-refractivity contribution in [3.05, 3.63) is 35.9 Å². The fourth-order valence-electron chi connectivity index (χ4n) is 2.94. The number of nitrogens with zero attached hydrogens (tertiary/aromatic N) is 1. The number of ether oxygens (including phenoxy) is 1. The van der Waals surface area contributed by atoms with Gasteiger partial charge in [-0.3, -0.25) is 9.69 Å². The minimum atomic E-state index is -0.376. The van der Waals surface area contributed by atoms with E-state index in [9.17, 15) is 9.59 Å². The van der Waals surface area contributed by atoms with Crippen LogP contribution in [0.5, 0.6) is 0 Å². The van der Waals surface area contributed by atoms with E-state index in [4.69, 9.17) is 4.74 Å². The Morgan fingerprint density at radius 2 is 2.10 bits per heavy atom. The van der Waals surface area contributed by atoms with Gasteiger partial charge >= 0.3 is 6.09 Å². The number of hydrogen-bond acceptors (Lipinski definition) is 3. The standard InChI is InChI=1S/C15H18N2O3/c18-14-13-8-4-7-12(9-16-14)17(13)15(19)20-10-11-5-2-1-3-6-11/h1-3,5-6,12-13H,4,7-10H2,(H,16,18)/t12-,13+/m1/s1. The summed E-state index contributed by atoms with van der Waals surface area (Å²) in [4.78, 5) is 25.7. The van der Waals surface area contributed by atoms with Gasteiger partial charge in [0.05, 0.1) is 6.04 Å². The van der Waals surface area contributed by atoms with Crippen LogP contribution in [-0.2, 0) is 16.1 Å². The average molecular weight is 274 g/mol. The Morgan fingerprint density at radius 3 is 2.90 bits per heavy atom. The zero-order chi connectivity index (χ0) is 13.9. The third-order valence-corrected chi connectivity index (χ3v) is 3.97. The summed E-state index contributed by atoms with van der Waals surface area (Å²) >= 11 is 0. The summed E-state index contributed by atoms with van der Waals surface area (Å²) < 4.78 is 5.36. The monoisotopic (exact) mass is 274 g/mol. The van der Waals surface area contributed by atoms with E-state index in [1.54, 1.807) is 4.90 Å². The van der Waals surface area contributed by atoms with Crippen LogP contribution in [-0.4, -0.2) is 35.5 Å². The highest BCUT2D eigenvalue weighted by Gasteiger charge is 2.42. The van der Waals surface area contributed by atoms with E-state index in [-0.39, 0.29) is 30.7 Å². The molecule has 2 saturated heterocycles. The molecule has 1 aromatic carbocycles. The molecule has 0 aliphatic carbocycles. The largest absolute Gasteiger partial charge is 0.445 e. The highest BCUT2D eigenvalue weighted by molar-refractivity contribution is 5.87. The zero-order valence-electron chi connectivity index (χ0n) is 11.2. The minimum absolute atomic E-state index is 0.0578. The number of nitrogens with one attached hydrogen (secondary N) is 1. The maximum atomic E-state index is 12.3. The number of rotatable bonds is 2. The summed E-state index contributed by atoms with van der Waals surface area (Å²) in [6.45, 7) is 0.785. The molecule has 2 aliphatic heterocycles. The second kappa shape index (κ2) is 5.53. The summed E-state index contributed by atoms with van der Waals surface area (Å²) in [6.07, 6.45) is 2.27. The van der Waals surface area contributed by atoms with Gasteiger partial charge in [-0.15, -0.1) is 0 Å². The lowest BCUT2D eigenvalue weighted by Gasteiger charge is -2.44. The second-order valence-electron chi connectivity index (χ2n) is 5.29. The molecule has 2 bridgehead atoms. The molecule has 0 spiro atoms. The third-order valence-electron chi connectivity index (χ3n) is 3.97. The molecule has 2 amide bonds. The number of carbonyl (C=O) groups excluding carboxylic acids is 2. The normalized spacial score (nSPS) is 25.0. The summed E-state index contributed by atoms with van der Waals surface area (Å²) in [5, 5.41) is 2.85. The van der Waals surface area contributed by atoms with Crippen molar-refractivity contribution in [3.8, 4) is 0 Å². The highest BCUT2D eigenvalue weighted by Crippen LogP contribution is 2.26. The molecule has 0 aromatic heterocycles. The van der Waals surface area contributed by atoms with Crippen LogP contribution in [0.15, 0.2) is 30.3 Å². The summed E-state index contributed by atoms with van der Waals surface area (Å²) in [7, 11) is 0. The molecule has 0 radical (unpaired) electrons. The maximum Gasteiger partial charge on any atom is 0.411 e. The molecule has 0 saturated carbocycles. The van der Waals surface area contributed by atoms with Crippen LogP contribution in [0.25, 0.3) is 0 Å². The smallest absolute Gasteiger partial charge is 0.411 e. The van der Waals surface area contributed by atoms with Gasteiger partial charge in [0.1, 0.15) is 12.6 Å². The zero-order valence-corrected chi connectivity index (χ0v) is 11.2. The Labute approximate surface area is 117 Å². The predicted molar refractivity (Wildman–Crippen MR) is 72.9 cm³/mol. The first-order chi connectivity index (χ1) is 9.75. The van der Waals surface area contributed by atoms with E-state index >= 15 is 0 Å². The lowest BCUT2D eigenvalue weighted by atomic mass is 9.92. The van der Waals surface area contributed by atoms with E-state index in [1.165, 1.54) is 0 Å². The van der Waals surface area contributed by atoms with Gasteiger partial charge in [0.25, 0.3) is 0 Å². The summed E-state index contributed by atoms with van der Waals surface area (Å²) in [5.74, 6) is -0.0578. The van der Waals surface area contributed by atoms with E-state index in [0.29, 0.717) is 6.54 Å². The molecule has 3 rings (SSSR count). The van der Waals surface area contributed by atoms with Crippen LogP contribution in [0.1, 0.15) is 24.8 Å². The molecule has 0 unspecified atom stereocenters. The Balaban J connectivity index is 1.65. The van der Waals surface area contributed by atoms with Crippen molar-refractivity contribution in [2.45, 2.75) is 38.0 Å². The fraction of sp³-hybridized carbons (Fsp3) is 0.467. The van der Waals surface area contributed by atoms with Crippen LogP contribution >= 0.6 is 0 Å². The number of fused-ring (bicyclic) bond motifs is 2. The number of piperazine rings is 1. The van der Waals surface area contributed by atoms with Crippen molar-refractivity contribution in [2.75, 3.05) is 6.54 Å². The fourth-order valence-corrected chi connectivity index (χ4v) is 2.94. The molecule has 2 fully saturated rings. The first-order valence-corrected chi connectivity index (χ1v) is 7.02. The van der Waals surface area contributed by atoms with Crippen LogP contribution in [0.3, 0.4) is 0 Å². The minimum Gasteiger partial charge on any atom is -0.445 e. The maximum absolute atomic E-state index is 12.3. The molecular formula is C15H18N2O3. The molecule has 2 aliphatic rings. The van der Waals surface area contributed by atoms with Crippen molar-refractivity contribution in [1.29, 1.82) is 0 Å². The van der Waals surface area contributed by atoms with E-state index in [0.717, 1.165) is 24.8 Å². The average Bonchev–Trinajstić information content (AvgIpc) is 2.49. The van der Waals surface area contributed by atoms with Gasteiger partial charge in [-0.05, 0) is 24.8 Å². The lowest BCUT2D eigenvalue weighted by Crippen LogP contribution is -2.64. The molecule has 2 heterocycles. The van der Waals surface area contributed by atoms with Crippen LogP contribution in [0, 0.1) is 0 Å². The number of benzene rings is 1. The van der Waals surface area contributed by atoms with Crippen LogP contribution < -0.4 is 5.32 Å². The first kappa shape index (κ1) is 13.0. The van der Waals surface area contributed by atoms with Gasteiger partial charge in [0.15, 0.2) is 0 Å². The Kier molecular flexibility index (Phi) is 3.58. The van der Waals surface area contributed by atoms with E-state index < -0.39 is 0 Å². The van der Waals surface area contributed by atoms with Gasteiger partial charge in [-0.2, -0.15) is 0 Å². The molecular weight excluding hydrogens is 256 g/mol. The first-order valence-electron chi connectivity index (χ1n) is 7.02. The Morgan fingerprint density at radius 1 is 1.30 bits per heavy atom. The van der Waals surface area contributed by atoms with Gasteiger partial charge < -0.3 is 10.1 Å². The molecule has 5 nitrogen and oxygen atoms in total. The molecule has 1 aromatic rings. The van der Waals surface area contributed by atoms with Gasteiger partial charge in [0, 0.05) is 6.54 Å². The number of amides is 2. The van der Waals surface area contributed by atoms with E-state index in [2.05, 4.69) is 5.32 Å². The Hall–Kier alpha value is -2.04. The second-order valence-corrected chi connectivity index (χ2v) is 5.29.